The maximum Gasteiger partial charge on any atom is 0.333 e. The SMILES string of the molecule is CC1(C)O[C@H](c2sc(Cl)nc2Cl)[C@@H](CNS(=O)(=O)O)O1. The summed E-state index contributed by atoms with van der Waals surface area (Å²) in [5.74, 6) is -0.921. The fourth-order valence-corrected chi connectivity index (χ4v) is 3.73. The molecule has 0 bridgehead atoms. The zero-order chi connectivity index (χ0) is 15.1. The highest BCUT2D eigenvalue weighted by Gasteiger charge is 2.44. The van der Waals surface area contributed by atoms with Crippen LogP contribution < -0.4 is 4.72 Å². The lowest BCUT2D eigenvalue weighted by molar-refractivity contribution is -0.146. The van der Waals surface area contributed by atoms with Gasteiger partial charge in [-0.2, -0.15) is 13.1 Å². The summed E-state index contributed by atoms with van der Waals surface area (Å²) >= 11 is 12.9. The zero-order valence-electron chi connectivity index (χ0n) is 10.5. The molecular weight excluding hydrogens is 351 g/mol. The van der Waals surface area contributed by atoms with E-state index < -0.39 is 28.3 Å². The predicted octanol–water partition coefficient (Wildman–Crippen LogP) is 2.03. The van der Waals surface area contributed by atoms with Gasteiger partial charge in [0, 0.05) is 6.54 Å². The zero-order valence-corrected chi connectivity index (χ0v) is 13.6. The van der Waals surface area contributed by atoms with Gasteiger partial charge in [0.15, 0.2) is 10.3 Å². The summed E-state index contributed by atoms with van der Waals surface area (Å²) in [6.45, 7) is 3.20. The van der Waals surface area contributed by atoms with E-state index in [1.807, 2.05) is 4.72 Å². The smallest absolute Gasteiger partial charge is 0.333 e. The molecule has 2 N–H and O–H groups in total. The van der Waals surface area contributed by atoms with E-state index in [1.54, 1.807) is 13.8 Å². The minimum absolute atomic E-state index is 0.168. The van der Waals surface area contributed by atoms with Gasteiger partial charge in [0.05, 0.1) is 4.88 Å². The van der Waals surface area contributed by atoms with Crippen molar-refractivity contribution in [2.45, 2.75) is 31.8 Å². The van der Waals surface area contributed by atoms with Gasteiger partial charge in [0.1, 0.15) is 17.4 Å². The van der Waals surface area contributed by atoms with Crippen LogP contribution in [0.2, 0.25) is 9.62 Å². The molecule has 114 valence electrons. The summed E-state index contributed by atoms with van der Waals surface area (Å²) in [5, 5.41) is 0.183. The first-order valence-corrected chi connectivity index (χ1v) is 8.48. The maximum absolute atomic E-state index is 10.8. The van der Waals surface area contributed by atoms with Crippen molar-refractivity contribution in [2.24, 2.45) is 0 Å². The molecule has 0 radical (unpaired) electrons. The second-order valence-corrected chi connectivity index (χ2v) is 7.75. The van der Waals surface area contributed by atoms with Crippen molar-refractivity contribution in [3.8, 4) is 0 Å². The van der Waals surface area contributed by atoms with Gasteiger partial charge in [-0.1, -0.05) is 23.2 Å². The van der Waals surface area contributed by atoms with E-state index in [4.69, 9.17) is 37.2 Å². The lowest BCUT2D eigenvalue weighted by atomic mass is 10.2. The highest BCUT2D eigenvalue weighted by molar-refractivity contribution is 7.83. The van der Waals surface area contributed by atoms with Crippen molar-refractivity contribution in [3.05, 3.63) is 14.5 Å². The van der Waals surface area contributed by atoms with Gasteiger partial charge in [-0.05, 0) is 13.8 Å². The molecule has 0 aliphatic carbocycles. The molecule has 0 unspecified atom stereocenters. The fourth-order valence-electron chi connectivity index (χ4n) is 1.86. The van der Waals surface area contributed by atoms with Gasteiger partial charge in [-0.3, -0.25) is 4.55 Å². The largest absolute Gasteiger partial charge is 0.343 e. The Kier molecular flexibility index (Phi) is 4.63. The molecular formula is C9H12Cl2N2O5S2. The standard InChI is InChI=1S/C9H12Cl2N2O5S2/c1-9(2)17-4(3-12-20(14,15)16)5(18-9)6-7(10)13-8(11)19-6/h4-5,12H,3H2,1-2H3,(H,14,15,16)/t4-,5+/m1/s1. The Morgan fingerprint density at radius 1 is 1.45 bits per heavy atom. The van der Waals surface area contributed by atoms with E-state index in [-0.39, 0.29) is 16.2 Å². The Morgan fingerprint density at radius 2 is 2.10 bits per heavy atom. The van der Waals surface area contributed by atoms with Crippen molar-refractivity contribution >= 4 is 44.8 Å². The number of rotatable bonds is 4. The monoisotopic (exact) mass is 362 g/mol. The predicted molar refractivity (Wildman–Crippen MR) is 74.5 cm³/mol. The normalized spacial score (nSPS) is 26.1. The van der Waals surface area contributed by atoms with Crippen LogP contribution in [0.5, 0.6) is 0 Å². The third kappa shape index (κ3) is 4.01. The van der Waals surface area contributed by atoms with Gasteiger partial charge in [0.2, 0.25) is 0 Å². The summed E-state index contributed by atoms with van der Waals surface area (Å²) in [6, 6.07) is 0. The van der Waals surface area contributed by atoms with Crippen LogP contribution in [0.4, 0.5) is 0 Å². The Bertz CT molecular complexity index is 603. The molecule has 2 heterocycles. The van der Waals surface area contributed by atoms with E-state index in [1.165, 1.54) is 0 Å². The van der Waals surface area contributed by atoms with Crippen LogP contribution in [0.1, 0.15) is 24.8 Å². The van der Waals surface area contributed by atoms with E-state index in [0.29, 0.717) is 4.88 Å². The average Bonchev–Trinajstić information content (AvgIpc) is 2.74. The van der Waals surface area contributed by atoms with Crippen LogP contribution in [0, 0.1) is 0 Å². The summed E-state index contributed by atoms with van der Waals surface area (Å²) in [4.78, 5) is 4.42. The van der Waals surface area contributed by atoms with E-state index >= 15 is 0 Å². The Labute approximate surface area is 130 Å². The maximum atomic E-state index is 10.8. The molecule has 1 aromatic rings. The third-order valence-corrected chi connectivity index (χ3v) is 4.65. The van der Waals surface area contributed by atoms with Crippen molar-refractivity contribution in [2.75, 3.05) is 6.54 Å². The molecule has 0 spiro atoms. The van der Waals surface area contributed by atoms with E-state index in [0.717, 1.165) is 11.3 Å². The molecule has 0 amide bonds. The number of nitrogens with zero attached hydrogens (tertiary/aromatic N) is 1. The Morgan fingerprint density at radius 3 is 2.60 bits per heavy atom. The molecule has 1 aliphatic heterocycles. The van der Waals surface area contributed by atoms with Crippen molar-refractivity contribution in [1.82, 2.24) is 9.71 Å². The van der Waals surface area contributed by atoms with Crippen LogP contribution in [-0.2, 0) is 19.8 Å². The molecule has 1 saturated heterocycles. The molecule has 11 heteroatoms. The lowest BCUT2D eigenvalue weighted by Crippen LogP contribution is -2.34. The second kappa shape index (κ2) is 5.65. The number of aromatic nitrogens is 1. The number of hydrogen-bond donors (Lipinski definition) is 2. The van der Waals surface area contributed by atoms with E-state index in [9.17, 15) is 8.42 Å². The highest BCUT2D eigenvalue weighted by Crippen LogP contribution is 2.43. The number of thiazole rings is 1. The molecule has 2 rings (SSSR count). The van der Waals surface area contributed by atoms with Gasteiger partial charge in [-0.15, -0.1) is 11.3 Å². The molecule has 20 heavy (non-hydrogen) atoms. The summed E-state index contributed by atoms with van der Waals surface area (Å²) < 4.78 is 43.7. The summed E-state index contributed by atoms with van der Waals surface area (Å²) in [5.41, 5.74) is 0. The molecule has 0 saturated carbocycles. The van der Waals surface area contributed by atoms with Crippen LogP contribution in [0.25, 0.3) is 0 Å². The average molecular weight is 363 g/mol. The minimum Gasteiger partial charge on any atom is -0.343 e. The van der Waals surface area contributed by atoms with Crippen molar-refractivity contribution < 1.29 is 22.4 Å². The number of nitrogens with one attached hydrogen (secondary N) is 1. The van der Waals surface area contributed by atoms with Gasteiger partial charge in [0.25, 0.3) is 0 Å². The first-order chi connectivity index (χ1) is 9.07. The van der Waals surface area contributed by atoms with Crippen molar-refractivity contribution in [3.63, 3.8) is 0 Å². The first kappa shape index (κ1) is 16.4. The van der Waals surface area contributed by atoms with Crippen LogP contribution >= 0.6 is 34.5 Å². The van der Waals surface area contributed by atoms with Gasteiger partial charge >= 0.3 is 10.3 Å². The van der Waals surface area contributed by atoms with Gasteiger partial charge < -0.3 is 9.47 Å². The van der Waals surface area contributed by atoms with E-state index in [2.05, 4.69) is 4.98 Å². The lowest BCUT2D eigenvalue weighted by Gasteiger charge is -2.16. The third-order valence-electron chi connectivity index (χ3n) is 2.49. The first-order valence-electron chi connectivity index (χ1n) is 5.47. The van der Waals surface area contributed by atoms with Crippen molar-refractivity contribution in [1.29, 1.82) is 0 Å². The summed E-state index contributed by atoms with van der Waals surface area (Å²) in [7, 11) is -4.32. The van der Waals surface area contributed by atoms with Crippen LogP contribution in [-0.4, -0.2) is 36.4 Å². The number of hydrogen-bond acceptors (Lipinski definition) is 6. The second-order valence-electron chi connectivity index (χ2n) is 4.54. The topological polar surface area (TPSA) is 97.8 Å². The Balaban J connectivity index is 2.22. The van der Waals surface area contributed by atoms with Gasteiger partial charge in [-0.25, -0.2) is 4.98 Å². The highest BCUT2D eigenvalue weighted by atomic mass is 35.5. The summed E-state index contributed by atoms with van der Waals surface area (Å²) in [6.07, 6.45) is -1.29. The molecule has 1 aliphatic rings. The molecule has 0 aromatic carbocycles. The molecule has 1 fully saturated rings. The number of ether oxygens (including phenoxy) is 2. The fraction of sp³-hybridized carbons (Fsp3) is 0.667. The molecule has 7 nitrogen and oxygen atoms in total. The quantitative estimate of drug-likeness (QED) is 0.795. The minimum atomic E-state index is -4.32. The molecule has 2 atom stereocenters. The Hall–Kier alpha value is -0.000000000000000153. The number of halogens is 2. The van der Waals surface area contributed by atoms with Crippen LogP contribution in [0.15, 0.2) is 0 Å². The van der Waals surface area contributed by atoms with Crippen LogP contribution in [0.3, 0.4) is 0 Å². The molecule has 1 aromatic heterocycles.